The van der Waals surface area contributed by atoms with Gasteiger partial charge in [-0.1, -0.05) is 0 Å². The van der Waals surface area contributed by atoms with Crippen LogP contribution in [-0.2, 0) is 10.0 Å². The largest absolute Gasteiger partial charge is 0.496 e. The van der Waals surface area contributed by atoms with Crippen LogP contribution in [0.5, 0.6) is 17.2 Å². The third kappa shape index (κ3) is 3.70. The van der Waals surface area contributed by atoms with Crippen molar-refractivity contribution in [3.63, 3.8) is 0 Å². The van der Waals surface area contributed by atoms with Gasteiger partial charge < -0.3 is 14.2 Å². The molecule has 8 nitrogen and oxygen atoms in total. The first kappa shape index (κ1) is 17.5. The summed E-state index contributed by atoms with van der Waals surface area (Å²) >= 11 is 3.21. The van der Waals surface area contributed by atoms with E-state index in [1.165, 1.54) is 37.4 Å². The second kappa shape index (κ2) is 6.90. The predicted octanol–water partition coefficient (Wildman–Crippen LogP) is 1.81. The number of fused-ring (bicyclic) bond motifs is 1. The summed E-state index contributed by atoms with van der Waals surface area (Å²) in [6.07, 6.45) is 0. The number of methoxy groups -OCH3 is 1. The molecular weight excluding hydrogens is 416 g/mol. The van der Waals surface area contributed by atoms with E-state index in [1.54, 1.807) is 6.07 Å². The van der Waals surface area contributed by atoms with Gasteiger partial charge >= 0.3 is 0 Å². The van der Waals surface area contributed by atoms with Crippen molar-refractivity contribution in [1.29, 1.82) is 0 Å². The number of carbonyl (C=O) groups is 1. The summed E-state index contributed by atoms with van der Waals surface area (Å²) < 4.78 is 40.4. The summed E-state index contributed by atoms with van der Waals surface area (Å²) in [6, 6.07) is 8.77. The van der Waals surface area contributed by atoms with Gasteiger partial charge in [0.05, 0.1) is 16.5 Å². The van der Waals surface area contributed by atoms with Gasteiger partial charge in [0.25, 0.3) is 15.9 Å². The number of halogens is 1. The third-order valence-corrected chi connectivity index (χ3v) is 5.23. The lowest BCUT2D eigenvalue weighted by molar-refractivity contribution is 0.0944. The van der Waals surface area contributed by atoms with Crippen LogP contribution in [0.25, 0.3) is 0 Å². The second-order valence-corrected chi connectivity index (χ2v) is 7.46. The Bertz CT molecular complexity index is 932. The molecule has 1 aliphatic heterocycles. The van der Waals surface area contributed by atoms with Crippen LogP contribution in [0.1, 0.15) is 10.4 Å². The zero-order valence-electron chi connectivity index (χ0n) is 12.9. The van der Waals surface area contributed by atoms with E-state index in [0.29, 0.717) is 21.7 Å². The molecule has 0 saturated carbocycles. The molecule has 0 aliphatic carbocycles. The zero-order valence-corrected chi connectivity index (χ0v) is 15.3. The van der Waals surface area contributed by atoms with Crippen molar-refractivity contribution in [2.75, 3.05) is 13.9 Å². The van der Waals surface area contributed by atoms with Crippen molar-refractivity contribution in [2.24, 2.45) is 0 Å². The van der Waals surface area contributed by atoms with E-state index in [2.05, 4.69) is 21.4 Å². The molecule has 2 N–H and O–H groups in total. The Labute approximate surface area is 152 Å². The van der Waals surface area contributed by atoms with Crippen LogP contribution < -0.4 is 24.5 Å². The molecule has 3 rings (SSSR count). The first-order valence-corrected chi connectivity index (χ1v) is 9.23. The molecule has 1 aliphatic rings. The molecule has 0 unspecified atom stereocenters. The molecule has 0 radical (unpaired) electrons. The van der Waals surface area contributed by atoms with Gasteiger partial charge in [-0.2, -0.15) is 0 Å². The molecule has 2 aromatic rings. The van der Waals surface area contributed by atoms with Gasteiger partial charge in [0.2, 0.25) is 6.79 Å². The third-order valence-electron chi connectivity index (χ3n) is 3.37. The van der Waals surface area contributed by atoms with Gasteiger partial charge in [0, 0.05) is 5.56 Å². The number of amides is 1. The van der Waals surface area contributed by atoms with Crippen molar-refractivity contribution >= 4 is 31.9 Å². The average Bonchev–Trinajstić information content (AvgIpc) is 3.07. The van der Waals surface area contributed by atoms with E-state index in [0.717, 1.165) is 0 Å². The van der Waals surface area contributed by atoms with E-state index in [4.69, 9.17) is 14.2 Å². The van der Waals surface area contributed by atoms with E-state index in [9.17, 15) is 13.2 Å². The van der Waals surface area contributed by atoms with Gasteiger partial charge in [-0.05, 0) is 52.3 Å². The molecule has 0 fully saturated rings. The number of hydrazine groups is 1. The number of benzene rings is 2. The van der Waals surface area contributed by atoms with Gasteiger partial charge in [-0.25, -0.2) is 8.42 Å². The van der Waals surface area contributed by atoms with Crippen LogP contribution in [0.3, 0.4) is 0 Å². The first-order valence-electron chi connectivity index (χ1n) is 6.96. The van der Waals surface area contributed by atoms with E-state index >= 15 is 0 Å². The minimum Gasteiger partial charge on any atom is -0.496 e. The highest BCUT2D eigenvalue weighted by Crippen LogP contribution is 2.32. The molecule has 10 heteroatoms. The first-order chi connectivity index (χ1) is 11.9. The van der Waals surface area contributed by atoms with Crippen LogP contribution in [0, 0.1) is 0 Å². The predicted molar refractivity (Wildman–Crippen MR) is 91.0 cm³/mol. The Morgan fingerprint density at radius 1 is 1.16 bits per heavy atom. The van der Waals surface area contributed by atoms with Crippen molar-refractivity contribution < 1.29 is 27.4 Å². The molecule has 25 heavy (non-hydrogen) atoms. The summed E-state index contributed by atoms with van der Waals surface area (Å²) in [4.78, 5) is 14.1. The minimum atomic E-state index is -3.95. The van der Waals surface area contributed by atoms with E-state index < -0.39 is 15.9 Å². The number of sulfonamides is 1. The van der Waals surface area contributed by atoms with Crippen LogP contribution >= 0.6 is 15.9 Å². The maximum absolute atomic E-state index is 12.3. The van der Waals surface area contributed by atoms with Crippen molar-refractivity contribution in [1.82, 2.24) is 10.3 Å². The topological polar surface area (TPSA) is 103 Å². The van der Waals surface area contributed by atoms with Crippen molar-refractivity contribution in [3.8, 4) is 17.2 Å². The lowest BCUT2D eigenvalue weighted by Crippen LogP contribution is -2.41. The molecule has 0 saturated heterocycles. The van der Waals surface area contributed by atoms with Crippen LogP contribution in [0.4, 0.5) is 0 Å². The summed E-state index contributed by atoms with van der Waals surface area (Å²) in [7, 11) is -2.48. The Hall–Kier alpha value is -2.30. The fourth-order valence-corrected chi connectivity index (χ4v) is 3.65. The molecular formula is C15H13BrN2O6S. The summed E-state index contributed by atoms with van der Waals surface area (Å²) in [5.74, 6) is 0.813. The Balaban J connectivity index is 1.71. The molecule has 2 aromatic carbocycles. The van der Waals surface area contributed by atoms with Gasteiger partial charge in [-0.15, -0.1) is 4.83 Å². The van der Waals surface area contributed by atoms with Crippen LogP contribution in [0.2, 0.25) is 0 Å². The van der Waals surface area contributed by atoms with Crippen LogP contribution in [0.15, 0.2) is 45.8 Å². The normalized spacial score (nSPS) is 12.7. The summed E-state index contributed by atoms with van der Waals surface area (Å²) in [5, 5.41) is 0. The van der Waals surface area contributed by atoms with Gasteiger partial charge in [0.1, 0.15) is 5.75 Å². The molecule has 0 atom stereocenters. The van der Waals surface area contributed by atoms with Crippen molar-refractivity contribution in [2.45, 2.75) is 4.90 Å². The standard InChI is InChI=1S/C15H13BrN2O6S/c1-22-12-5-3-10(7-11(12)16)25(20,21)18-17-15(19)9-2-4-13-14(6-9)24-8-23-13/h2-7,18H,8H2,1H3,(H,17,19). The highest BCUT2D eigenvalue weighted by molar-refractivity contribution is 9.10. The number of hydrogen-bond acceptors (Lipinski definition) is 6. The SMILES string of the molecule is COc1ccc(S(=O)(=O)NNC(=O)c2ccc3c(c2)OCO3)cc1Br. The van der Waals surface area contributed by atoms with Gasteiger partial charge in [-0.3, -0.25) is 10.2 Å². The Morgan fingerprint density at radius 2 is 1.92 bits per heavy atom. The monoisotopic (exact) mass is 428 g/mol. The molecule has 1 heterocycles. The fraction of sp³-hybridized carbons (Fsp3) is 0.133. The average molecular weight is 429 g/mol. The highest BCUT2D eigenvalue weighted by atomic mass is 79.9. The quantitative estimate of drug-likeness (QED) is 0.703. The summed E-state index contributed by atoms with van der Waals surface area (Å²) in [5.41, 5.74) is 2.38. The highest BCUT2D eigenvalue weighted by Gasteiger charge is 2.19. The van der Waals surface area contributed by atoms with E-state index in [1.807, 2.05) is 4.83 Å². The van der Waals surface area contributed by atoms with E-state index in [-0.39, 0.29) is 17.3 Å². The second-order valence-electron chi connectivity index (χ2n) is 4.92. The number of ether oxygens (including phenoxy) is 3. The maximum Gasteiger partial charge on any atom is 0.266 e. The molecule has 1 amide bonds. The maximum atomic E-state index is 12.3. The fourth-order valence-electron chi connectivity index (χ4n) is 2.10. The molecule has 132 valence electrons. The Morgan fingerprint density at radius 3 is 2.64 bits per heavy atom. The number of carbonyl (C=O) groups excluding carboxylic acids is 1. The number of hydrogen-bond donors (Lipinski definition) is 2. The lowest BCUT2D eigenvalue weighted by atomic mass is 10.2. The van der Waals surface area contributed by atoms with Crippen LogP contribution in [-0.4, -0.2) is 28.2 Å². The molecule has 0 spiro atoms. The minimum absolute atomic E-state index is 0.0360. The van der Waals surface area contributed by atoms with Crippen molar-refractivity contribution in [3.05, 3.63) is 46.4 Å². The lowest BCUT2D eigenvalue weighted by Gasteiger charge is -2.10. The smallest absolute Gasteiger partial charge is 0.266 e. The summed E-state index contributed by atoms with van der Waals surface area (Å²) in [6.45, 7) is 0.0827. The number of rotatable bonds is 5. The number of nitrogens with one attached hydrogen (secondary N) is 2. The Kier molecular flexibility index (Phi) is 4.84. The molecule has 0 aromatic heterocycles. The molecule has 0 bridgehead atoms. The van der Waals surface area contributed by atoms with Gasteiger partial charge in [0.15, 0.2) is 11.5 Å². The zero-order chi connectivity index (χ0) is 18.0.